The third-order valence-electron chi connectivity index (χ3n) is 5.54. The van der Waals surface area contributed by atoms with Crippen molar-refractivity contribution in [2.75, 3.05) is 13.2 Å². The summed E-state index contributed by atoms with van der Waals surface area (Å²) in [5.41, 5.74) is 2.81. The van der Waals surface area contributed by atoms with Gasteiger partial charge in [-0.2, -0.15) is 0 Å². The van der Waals surface area contributed by atoms with Gasteiger partial charge >= 0.3 is 0 Å². The molecule has 5 heteroatoms. The molecule has 2 unspecified atom stereocenters. The maximum Gasteiger partial charge on any atom is 0.206 e. The van der Waals surface area contributed by atoms with Gasteiger partial charge in [-0.15, -0.1) is 0 Å². The number of ether oxygens (including phenoxy) is 2. The summed E-state index contributed by atoms with van der Waals surface area (Å²) >= 11 is 0. The molecule has 2 atom stereocenters. The molecule has 0 saturated carbocycles. The zero-order chi connectivity index (χ0) is 19.1. The van der Waals surface area contributed by atoms with E-state index in [4.69, 9.17) is 13.6 Å². The lowest BCUT2D eigenvalue weighted by molar-refractivity contribution is 0.407. The highest BCUT2D eigenvalue weighted by Gasteiger charge is 2.39. The van der Waals surface area contributed by atoms with E-state index >= 15 is 0 Å². The van der Waals surface area contributed by atoms with Gasteiger partial charge in [0.2, 0.25) is 16.6 Å². The number of hydrogen-bond acceptors (Lipinski definition) is 3. The van der Waals surface area contributed by atoms with Gasteiger partial charge in [0.15, 0.2) is 0 Å². The molecule has 2 aliphatic heterocycles. The van der Waals surface area contributed by atoms with E-state index in [0.29, 0.717) is 12.2 Å². The van der Waals surface area contributed by atoms with Crippen molar-refractivity contribution < 1.29 is 13.6 Å². The van der Waals surface area contributed by atoms with E-state index in [1.54, 1.807) is 0 Å². The molecule has 0 amide bonds. The highest BCUT2D eigenvalue weighted by atomic mass is 28.4. The summed E-state index contributed by atoms with van der Waals surface area (Å²) in [4.78, 5) is 0. The van der Waals surface area contributed by atoms with E-state index in [-0.39, 0.29) is 0 Å². The monoisotopic (exact) mass is 398 g/mol. The van der Waals surface area contributed by atoms with E-state index in [0.717, 1.165) is 26.1 Å². The molecule has 4 rings (SSSR count). The highest BCUT2D eigenvalue weighted by Crippen LogP contribution is 2.22. The average Bonchev–Trinajstić information content (AvgIpc) is 3.52. The largest absolute Gasteiger partial charge is 0.449 e. The van der Waals surface area contributed by atoms with Gasteiger partial charge in [0.25, 0.3) is 0 Å². The normalized spacial score (nSPS) is 21.9. The van der Waals surface area contributed by atoms with Crippen LogP contribution >= 0.6 is 0 Å². The minimum absolute atomic E-state index is 0.403. The Hall–Kier alpha value is -1.25. The number of benzene rings is 2. The zero-order valence-corrected chi connectivity index (χ0v) is 18.8. The van der Waals surface area contributed by atoms with E-state index in [9.17, 15) is 0 Å². The van der Waals surface area contributed by atoms with Gasteiger partial charge in [-0.1, -0.05) is 48.5 Å². The number of hydrogen-bond donors (Lipinski definition) is 0. The minimum Gasteiger partial charge on any atom is -0.449 e. The third kappa shape index (κ3) is 4.61. The van der Waals surface area contributed by atoms with Crippen LogP contribution in [0.4, 0.5) is 0 Å². The predicted molar refractivity (Wildman–Crippen MR) is 115 cm³/mol. The molecule has 2 aromatic rings. The summed E-state index contributed by atoms with van der Waals surface area (Å²) < 4.78 is 18.0. The second-order valence-electron chi connectivity index (χ2n) is 8.76. The summed E-state index contributed by atoms with van der Waals surface area (Å²) in [5.74, 6) is 0. The Morgan fingerprint density at radius 3 is 1.48 bits per heavy atom. The summed E-state index contributed by atoms with van der Waals surface area (Å²) in [6.07, 6.45) is 2.82. The lowest BCUT2D eigenvalue weighted by atomic mass is 10.1. The van der Waals surface area contributed by atoms with E-state index in [2.05, 4.69) is 74.7 Å². The van der Waals surface area contributed by atoms with Crippen molar-refractivity contribution in [2.45, 2.75) is 51.2 Å². The van der Waals surface area contributed by atoms with Crippen molar-refractivity contribution in [1.82, 2.24) is 0 Å². The molecule has 144 valence electrons. The highest BCUT2D eigenvalue weighted by molar-refractivity contribution is 6.97. The first-order valence-corrected chi connectivity index (χ1v) is 15.8. The van der Waals surface area contributed by atoms with E-state index in [1.807, 2.05) is 0 Å². The van der Waals surface area contributed by atoms with Crippen LogP contribution in [0.15, 0.2) is 48.5 Å². The molecule has 0 aromatic heterocycles. The lowest BCUT2D eigenvalue weighted by Gasteiger charge is -2.36. The zero-order valence-electron chi connectivity index (χ0n) is 16.8. The lowest BCUT2D eigenvalue weighted by Crippen LogP contribution is -2.59. The Kier molecular flexibility index (Phi) is 5.16. The van der Waals surface area contributed by atoms with Crippen LogP contribution in [0.1, 0.15) is 11.1 Å². The first-order valence-electron chi connectivity index (χ1n) is 9.95. The Morgan fingerprint density at radius 2 is 1.11 bits per heavy atom. The van der Waals surface area contributed by atoms with Crippen molar-refractivity contribution in [3.63, 3.8) is 0 Å². The van der Waals surface area contributed by atoms with Gasteiger partial charge in [0.1, 0.15) is 0 Å². The third-order valence-corrected chi connectivity index (χ3v) is 13.2. The quantitative estimate of drug-likeness (QED) is 0.506. The Balaban J connectivity index is 1.60. The van der Waals surface area contributed by atoms with Crippen LogP contribution in [0, 0.1) is 0 Å². The fraction of sp³-hybridized carbons (Fsp3) is 0.455. The SMILES string of the molecule is C[Si](C)(O[Si](C)(C)c1ccccc1CC1CO1)c1ccccc1CC1CO1. The van der Waals surface area contributed by atoms with Crippen molar-refractivity contribution in [3.8, 4) is 0 Å². The van der Waals surface area contributed by atoms with Crippen LogP contribution in [0.25, 0.3) is 0 Å². The molecular weight excluding hydrogens is 368 g/mol. The van der Waals surface area contributed by atoms with Crippen LogP contribution in [-0.4, -0.2) is 42.1 Å². The van der Waals surface area contributed by atoms with Crippen molar-refractivity contribution >= 4 is 27.0 Å². The Bertz CT molecular complexity index is 743. The predicted octanol–water partition coefficient (Wildman–Crippen LogP) is 3.11. The maximum absolute atomic E-state index is 7.08. The molecule has 0 radical (unpaired) electrons. The minimum atomic E-state index is -2.05. The first-order chi connectivity index (χ1) is 12.9. The fourth-order valence-electron chi connectivity index (χ4n) is 4.18. The Morgan fingerprint density at radius 1 is 0.741 bits per heavy atom. The van der Waals surface area contributed by atoms with Gasteiger partial charge in [-0.3, -0.25) is 0 Å². The summed E-state index contributed by atoms with van der Waals surface area (Å²) in [7, 11) is -4.11. The topological polar surface area (TPSA) is 34.3 Å². The fourth-order valence-corrected chi connectivity index (χ4v) is 13.1. The van der Waals surface area contributed by atoms with Crippen LogP contribution in [0.5, 0.6) is 0 Å². The van der Waals surface area contributed by atoms with Gasteiger partial charge < -0.3 is 13.6 Å². The molecule has 2 saturated heterocycles. The molecule has 3 nitrogen and oxygen atoms in total. The Labute approximate surface area is 164 Å². The van der Waals surface area contributed by atoms with Crippen molar-refractivity contribution in [3.05, 3.63) is 59.7 Å². The molecule has 2 fully saturated rings. The van der Waals surface area contributed by atoms with E-state index < -0.39 is 16.6 Å². The van der Waals surface area contributed by atoms with Gasteiger partial charge in [-0.05, 0) is 47.7 Å². The molecule has 0 aliphatic carbocycles. The molecule has 2 aromatic carbocycles. The van der Waals surface area contributed by atoms with Gasteiger partial charge in [0.05, 0.1) is 25.4 Å². The number of epoxide rings is 2. The van der Waals surface area contributed by atoms with Crippen LogP contribution in [-0.2, 0) is 26.4 Å². The second-order valence-corrected chi connectivity index (χ2v) is 16.7. The van der Waals surface area contributed by atoms with Crippen molar-refractivity contribution in [1.29, 1.82) is 0 Å². The summed E-state index contributed by atoms with van der Waals surface area (Å²) in [6, 6.07) is 17.6. The van der Waals surface area contributed by atoms with E-state index in [1.165, 1.54) is 21.5 Å². The molecule has 0 N–H and O–H groups in total. The van der Waals surface area contributed by atoms with Gasteiger partial charge in [0, 0.05) is 12.8 Å². The molecule has 2 heterocycles. The van der Waals surface area contributed by atoms with Crippen LogP contribution in [0.2, 0.25) is 26.2 Å². The summed E-state index contributed by atoms with van der Waals surface area (Å²) in [6.45, 7) is 11.2. The maximum atomic E-state index is 7.08. The van der Waals surface area contributed by atoms with Gasteiger partial charge in [-0.25, -0.2) is 0 Å². The second kappa shape index (κ2) is 7.30. The smallest absolute Gasteiger partial charge is 0.206 e. The molecule has 0 bridgehead atoms. The molecule has 27 heavy (non-hydrogen) atoms. The standard InChI is InChI=1S/C22H30O3Si2/c1-26(2,21-11-7-5-9-17(21)13-19-15-23-19)25-27(3,4)22-12-8-6-10-18(22)14-20-16-24-20/h5-12,19-20H,13-16H2,1-4H3. The summed E-state index contributed by atoms with van der Waals surface area (Å²) in [5, 5.41) is 2.84. The van der Waals surface area contributed by atoms with Crippen LogP contribution in [0.3, 0.4) is 0 Å². The number of rotatable bonds is 8. The average molecular weight is 399 g/mol. The molecular formula is C22H30O3Si2. The molecule has 2 aliphatic rings. The first kappa shape index (κ1) is 19.1. The van der Waals surface area contributed by atoms with Crippen molar-refractivity contribution in [2.24, 2.45) is 0 Å². The molecule has 0 spiro atoms. The van der Waals surface area contributed by atoms with Crippen LogP contribution < -0.4 is 10.4 Å².